The average Bonchev–Trinajstić information content (AvgIpc) is 3.39. The number of non-ortho nitro benzene ring substituents is 2. The van der Waals surface area contributed by atoms with Gasteiger partial charge in [0.1, 0.15) is 13.2 Å². The molecule has 16 heteroatoms. The molecule has 45 heavy (non-hydrogen) atoms. The van der Waals surface area contributed by atoms with E-state index >= 15 is 0 Å². The lowest BCUT2D eigenvalue weighted by atomic mass is 10.0. The number of nitrogens with one attached hydrogen (secondary N) is 1. The molecule has 1 N–H and O–H groups in total. The molecule has 0 unspecified atom stereocenters. The fraction of sp³-hybridized carbons (Fsp3) is 0.310. The van der Waals surface area contributed by atoms with Gasteiger partial charge in [0, 0.05) is 36.9 Å². The number of amides is 2. The van der Waals surface area contributed by atoms with Crippen LogP contribution in [0.25, 0.3) is 0 Å². The van der Waals surface area contributed by atoms with Crippen LogP contribution in [0.3, 0.4) is 0 Å². The fourth-order valence-electron chi connectivity index (χ4n) is 4.70. The van der Waals surface area contributed by atoms with E-state index < -0.39 is 44.3 Å². The molecule has 1 saturated heterocycles. The molecule has 0 bridgehead atoms. The number of rotatable bonds is 12. The number of hydrogen-bond acceptors (Lipinski definition) is 11. The first kappa shape index (κ1) is 32.8. The SMILES string of the molecule is CS(=O)(=O)O[C@@H]1C[C@@H](Cc2ccc(CNC(=O)OCc3ccc([N+](=O)[O-])cc3)cc2)N(C(=O)OCc2ccc([N+](=O)[O-])cc2)C1. The molecule has 238 valence electrons. The minimum Gasteiger partial charge on any atom is -0.445 e. The van der Waals surface area contributed by atoms with Gasteiger partial charge >= 0.3 is 12.2 Å². The highest BCUT2D eigenvalue weighted by molar-refractivity contribution is 7.86. The molecule has 1 aliphatic rings. The van der Waals surface area contributed by atoms with Crippen LogP contribution in [0, 0.1) is 20.2 Å². The lowest BCUT2D eigenvalue weighted by Crippen LogP contribution is -2.37. The Morgan fingerprint density at radius 3 is 1.82 bits per heavy atom. The first-order chi connectivity index (χ1) is 21.4. The van der Waals surface area contributed by atoms with Crippen molar-refractivity contribution in [1.82, 2.24) is 10.2 Å². The largest absolute Gasteiger partial charge is 0.445 e. The number of ether oxygens (including phenoxy) is 2. The van der Waals surface area contributed by atoms with Crippen LogP contribution in [0.5, 0.6) is 0 Å². The van der Waals surface area contributed by atoms with Crippen molar-refractivity contribution in [1.29, 1.82) is 0 Å². The van der Waals surface area contributed by atoms with E-state index in [0.29, 0.717) is 17.5 Å². The summed E-state index contributed by atoms with van der Waals surface area (Å²) in [6.45, 7) is -0.00828. The summed E-state index contributed by atoms with van der Waals surface area (Å²) in [7, 11) is -3.77. The van der Waals surface area contributed by atoms with Crippen LogP contribution in [0.4, 0.5) is 21.0 Å². The van der Waals surface area contributed by atoms with Gasteiger partial charge in [-0.15, -0.1) is 0 Å². The normalized spacial score (nSPS) is 16.2. The van der Waals surface area contributed by atoms with Gasteiger partial charge in [0.25, 0.3) is 21.5 Å². The molecule has 1 heterocycles. The quantitative estimate of drug-likeness (QED) is 0.169. The number of nitro groups is 2. The molecule has 15 nitrogen and oxygen atoms in total. The average molecular weight is 643 g/mol. The highest BCUT2D eigenvalue weighted by Crippen LogP contribution is 2.26. The Hall–Kier alpha value is -5.09. The molecule has 0 aromatic heterocycles. The summed E-state index contributed by atoms with van der Waals surface area (Å²) < 4.78 is 39.2. The predicted octanol–water partition coefficient (Wildman–Crippen LogP) is 4.23. The number of hydrogen-bond donors (Lipinski definition) is 1. The number of carbonyl (C=O) groups is 2. The van der Waals surface area contributed by atoms with Gasteiger partial charge in [-0.25, -0.2) is 9.59 Å². The zero-order valence-corrected chi connectivity index (χ0v) is 24.9. The molecule has 2 amide bonds. The molecule has 1 aliphatic heterocycles. The molecule has 0 aliphatic carbocycles. The predicted molar refractivity (Wildman–Crippen MR) is 158 cm³/mol. The highest BCUT2D eigenvalue weighted by atomic mass is 32.2. The Morgan fingerprint density at radius 1 is 0.822 bits per heavy atom. The number of benzene rings is 3. The van der Waals surface area contributed by atoms with Gasteiger partial charge in [0.2, 0.25) is 0 Å². The van der Waals surface area contributed by atoms with Gasteiger partial charge in [-0.3, -0.25) is 24.4 Å². The fourth-order valence-corrected chi connectivity index (χ4v) is 5.34. The van der Waals surface area contributed by atoms with E-state index in [1.807, 2.05) is 12.1 Å². The van der Waals surface area contributed by atoms with Crippen LogP contribution in [-0.2, 0) is 50.0 Å². The number of likely N-dealkylation sites (tertiary alicyclic amines) is 1. The third-order valence-corrected chi connectivity index (χ3v) is 7.50. The standard InChI is InChI=1S/C29H30N4O11S/c1-45(40,41)44-27-15-26(31(17-27)29(35)43-19-23-8-12-25(13-9-23)33(38)39)14-20-2-4-21(5-3-20)16-30-28(34)42-18-22-6-10-24(11-7-22)32(36)37/h2-13,26-27H,14-19H2,1H3,(H,30,34)/t26-,27-/m1/s1. The first-order valence-electron chi connectivity index (χ1n) is 13.6. The number of carbonyl (C=O) groups excluding carboxylic acids is 2. The summed E-state index contributed by atoms with van der Waals surface area (Å²) in [6.07, 6.45) is -0.521. The molecule has 0 spiro atoms. The van der Waals surface area contributed by atoms with Crippen molar-refractivity contribution in [2.75, 3.05) is 12.8 Å². The molecule has 2 atom stereocenters. The van der Waals surface area contributed by atoms with Crippen molar-refractivity contribution >= 4 is 33.7 Å². The van der Waals surface area contributed by atoms with Crippen molar-refractivity contribution in [2.45, 2.75) is 44.7 Å². The zero-order valence-electron chi connectivity index (χ0n) is 24.1. The van der Waals surface area contributed by atoms with E-state index in [1.54, 1.807) is 12.1 Å². The van der Waals surface area contributed by atoms with Crippen LogP contribution in [0.15, 0.2) is 72.8 Å². The monoisotopic (exact) mass is 642 g/mol. The van der Waals surface area contributed by atoms with Crippen molar-refractivity contribution in [3.63, 3.8) is 0 Å². The van der Waals surface area contributed by atoms with Crippen molar-refractivity contribution in [3.05, 3.63) is 115 Å². The zero-order chi connectivity index (χ0) is 32.6. The maximum atomic E-state index is 13.0. The summed E-state index contributed by atoms with van der Waals surface area (Å²) in [5.74, 6) is 0. The van der Waals surface area contributed by atoms with Crippen molar-refractivity contribution < 1.29 is 41.5 Å². The van der Waals surface area contributed by atoms with Gasteiger partial charge in [-0.05, 0) is 59.4 Å². The molecular formula is C29H30N4O11S. The Kier molecular flexibility index (Phi) is 10.6. The molecule has 1 fully saturated rings. The summed E-state index contributed by atoms with van der Waals surface area (Å²) in [6, 6.07) is 18.0. The van der Waals surface area contributed by atoms with E-state index in [-0.39, 0.29) is 44.1 Å². The van der Waals surface area contributed by atoms with E-state index in [4.69, 9.17) is 13.7 Å². The van der Waals surface area contributed by atoms with Crippen molar-refractivity contribution in [2.24, 2.45) is 0 Å². The molecular weight excluding hydrogens is 612 g/mol. The molecule has 0 saturated carbocycles. The Bertz CT molecular complexity index is 1630. The third kappa shape index (κ3) is 9.97. The van der Waals surface area contributed by atoms with E-state index in [1.165, 1.54) is 53.4 Å². The smallest absolute Gasteiger partial charge is 0.410 e. The van der Waals surface area contributed by atoms with Crippen LogP contribution in [0.1, 0.15) is 28.7 Å². The number of alkyl carbamates (subject to hydrolysis) is 1. The van der Waals surface area contributed by atoms with Gasteiger partial charge in [-0.1, -0.05) is 24.3 Å². The lowest BCUT2D eigenvalue weighted by molar-refractivity contribution is -0.385. The summed E-state index contributed by atoms with van der Waals surface area (Å²) >= 11 is 0. The van der Waals surface area contributed by atoms with Crippen LogP contribution in [-0.4, -0.2) is 60.3 Å². The summed E-state index contributed by atoms with van der Waals surface area (Å²) in [4.78, 5) is 47.1. The van der Waals surface area contributed by atoms with E-state index in [0.717, 1.165) is 17.4 Å². The molecule has 3 aromatic carbocycles. The number of nitrogens with zero attached hydrogens (tertiary/aromatic N) is 3. The molecule has 4 rings (SSSR count). The Morgan fingerprint density at radius 2 is 1.31 bits per heavy atom. The molecule has 0 radical (unpaired) electrons. The molecule has 3 aromatic rings. The first-order valence-corrected chi connectivity index (χ1v) is 15.4. The minimum absolute atomic E-state index is 0.000814. The summed E-state index contributed by atoms with van der Waals surface area (Å²) in [5.41, 5.74) is 2.61. The second-order valence-electron chi connectivity index (χ2n) is 10.3. The number of nitro benzene ring substituents is 2. The van der Waals surface area contributed by atoms with E-state index in [9.17, 15) is 38.2 Å². The second-order valence-corrected chi connectivity index (χ2v) is 11.9. The van der Waals surface area contributed by atoms with Crippen LogP contribution >= 0.6 is 0 Å². The topological polar surface area (TPSA) is 198 Å². The Labute approximate surface area is 258 Å². The van der Waals surface area contributed by atoms with Crippen LogP contribution < -0.4 is 5.32 Å². The van der Waals surface area contributed by atoms with Crippen molar-refractivity contribution in [3.8, 4) is 0 Å². The maximum absolute atomic E-state index is 13.0. The minimum atomic E-state index is -3.77. The van der Waals surface area contributed by atoms with Gasteiger partial charge < -0.3 is 19.7 Å². The van der Waals surface area contributed by atoms with Gasteiger partial charge in [-0.2, -0.15) is 8.42 Å². The lowest BCUT2D eigenvalue weighted by Gasteiger charge is -2.24. The maximum Gasteiger partial charge on any atom is 0.410 e. The van der Waals surface area contributed by atoms with Gasteiger partial charge in [0.05, 0.1) is 28.8 Å². The third-order valence-electron chi connectivity index (χ3n) is 6.88. The van der Waals surface area contributed by atoms with E-state index in [2.05, 4.69) is 5.32 Å². The summed E-state index contributed by atoms with van der Waals surface area (Å²) in [5, 5.41) is 24.2. The van der Waals surface area contributed by atoms with Crippen LogP contribution in [0.2, 0.25) is 0 Å². The van der Waals surface area contributed by atoms with Gasteiger partial charge in [0.15, 0.2) is 0 Å². The Balaban J connectivity index is 1.30. The highest BCUT2D eigenvalue weighted by Gasteiger charge is 2.38. The second kappa shape index (κ2) is 14.6.